The molecule has 19 heavy (non-hydrogen) atoms. The van der Waals surface area contributed by atoms with Gasteiger partial charge in [-0.05, 0) is 24.3 Å². The molecule has 1 fully saturated rings. The van der Waals surface area contributed by atoms with Crippen LogP contribution in [0.25, 0.3) is 10.2 Å². The number of rotatable bonds is 4. The van der Waals surface area contributed by atoms with Gasteiger partial charge in [0, 0.05) is 6.54 Å². The number of anilines is 2. The zero-order chi connectivity index (χ0) is 13.3. The van der Waals surface area contributed by atoms with Gasteiger partial charge in [-0.1, -0.05) is 12.8 Å². The predicted molar refractivity (Wildman–Crippen MR) is 77.1 cm³/mol. The van der Waals surface area contributed by atoms with Crippen molar-refractivity contribution in [3.63, 3.8) is 0 Å². The van der Waals surface area contributed by atoms with Crippen LogP contribution in [0.4, 0.5) is 11.8 Å². The Kier molecular flexibility index (Phi) is 3.26. The Morgan fingerprint density at radius 1 is 1.37 bits per heavy atom. The van der Waals surface area contributed by atoms with Crippen molar-refractivity contribution in [2.24, 2.45) is 5.84 Å². The minimum Gasteiger partial charge on any atom is -0.388 e. The van der Waals surface area contributed by atoms with Gasteiger partial charge >= 0.3 is 0 Å². The fraction of sp³-hybridized carbons (Fsp3) is 0.500. The molecule has 102 valence electrons. The van der Waals surface area contributed by atoms with Crippen LogP contribution in [0.5, 0.6) is 0 Å². The molecule has 1 saturated carbocycles. The molecule has 0 aliphatic heterocycles. The van der Waals surface area contributed by atoms with Crippen molar-refractivity contribution in [1.82, 2.24) is 9.97 Å². The molecular weight excluding hydrogens is 262 g/mol. The third-order valence-electron chi connectivity index (χ3n) is 3.55. The van der Waals surface area contributed by atoms with Crippen molar-refractivity contribution in [2.45, 2.75) is 31.3 Å². The lowest BCUT2D eigenvalue weighted by Gasteiger charge is -2.22. The number of nitrogens with two attached hydrogens (primary N) is 1. The quantitative estimate of drug-likeness (QED) is 0.502. The lowest BCUT2D eigenvalue weighted by atomic mass is 10.0. The van der Waals surface area contributed by atoms with Gasteiger partial charge in [-0.25, -0.2) is 10.8 Å². The van der Waals surface area contributed by atoms with E-state index in [9.17, 15) is 5.11 Å². The number of nitrogens with one attached hydrogen (secondary N) is 2. The zero-order valence-corrected chi connectivity index (χ0v) is 11.3. The average Bonchev–Trinajstić information content (AvgIpc) is 3.04. The average molecular weight is 279 g/mol. The molecule has 0 unspecified atom stereocenters. The third kappa shape index (κ3) is 2.49. The van der Waals surface area contributed by atoms with Crippen LogP contribution in [0.3, 0.4) is 0 Å². The van der Waals surface area contributed by atoms with Crippen LogP contribution in [0.15, 0.2) is 11.4 Å². The summed E-state index contributed by atoms with van der Waals surface area (Å²) in [5, 5.41) is 15.6. The maximum Gasteiger partial charge on any atom is 0.239 e. The molecule has 1 aliphatic carbocycles. The molecule has 6 nitrogen and oxygen atoms in total. The normalized spacial score (nSPS) is 17.8. The number of aromatic nitrogens is 2. The Hall–Kier alpha value is -1.44. The van der Waals surface area contributed by atoms with Gasteiger partial charge in [0.1, 0.15) is 5.82 Å². The highest BCUT2D eigenvalue weighted by atomic mass is 32.1. The van der Waals surface area contributed by atoms with Crippen LogP contribution >= 0.6 is 11.3 Å². The van der Waals surface area contributed by atoms with E-state index in [-0.39, 0.29) is 0 Å². The molecule has 0 atom stereocenters. The number of aliphatic hydroxyl groups is 1. The van der Waals surface area contributed by atoms with E-state index in [1.807, 2.05) is 11.4 Å². The molecule has 0 radical (unpaired) electrons. The molecule has 1 aliphatic rings. The van der Waals surface area contributed by atoms with Gasteiger partial charge in [0.15, 0.2) is 0 Å². The van der Waals surface area contributed by atoms with Crippen LogP contribution in [0.1, 0.15) is 25.7 Å². The molecule has 0 spiro atoms. The van der Waals surface area contributed by atoms with Gasteiger partial charge in [0.05, 0.1) is 15.8 Å². The number of fused-ring (bicyclic) bond motifs is 1. The number of nitrogens with zero attached hydrogens (tertiary/aromatic N) is 2. The second-order valence-corrected chi connectivity index (χ2v) is 5.88. The number of hydrogen-bond acceptors (Lipinski definition) is 7. The molecule has 0 bridgehead atoms. The minimum absolute atomic E-state index is 0.381. The molecule has 7 heteroatoms. The maximum atomic E-state index is 10.4. The fourth-order valence-corrected chi connectivity index (χ4v) is 3.30. The number of thiophene rings is 1. The molecule has 3 rings (SSSR count). The Labute approximate surface area is 115 Å². The monoisotopic (exact) mass is 279 g/mol. The van der Waals surface area contributed by atoms with E-state index in [1.165, 1.54) is 0 Å². The first-order chi connectivity index (χ1) is 9.20. The highest BCUT2D eigenvalue weighted by molar-refractivity contribution is 7.17. The van der Waals surface area contributed by atoms with Crippen molar-refractivity contribution < 1.29 is 5.11 Å². The molecule has 2 aromatic heterocycles. The van der Waals surface area contributed by atoms with Gasteiger partial charge in [-0.15, -0.1) is 11.3 Å². The van der Waals surface area contributed by atoms with Crippen molar-refractivity contribution in [2.75, 3.05) is 17.3 Å². The van der Waals surface area contributed by atoms with Crippen molar-refractivity contribution in [3.05, 3.63) is 11.4 Å². The summed E-state index contributed by atoms with van der Waals surface area (Å²) < 4.78 is 0.987. The highest BCUT2D eigenvalue weighted by Crippen LogP contribution is 2.31. The molecular formula is C12H17N5OS. The number of hydrogen-bond donors (Lipinski definition) is 4. The summed E-state index contributed by atoms with van der Waals surface area (Å²) in [5.41, 5.74) is 2.72. The SMILES string of the molecule is NNc1nc(NCC2(O)CCCC2)c2sccc2n1. The van der Waals surface area contributed by atoms with Gasteiger partial charge in [-0.3, -0.25) is 5.43 Å². The molecule has 0 saturated heterocycles. The molecule has 0 aromatic carbocycles. The van der Waals surface area contributed by atoms with E-state index in [4.69, 9.17) is 5.84 Å². The van der Waals surface area contributed by atoms with E-state index in [1.54, 1.807) is 11.3 Å². The van der Waals surface area contributed by atoms with E-state index in [0.29, 0.717) is 12.5 Å². The summed E-state index contributed by atoms with van der Waals surface area (Å²) in [5.74, 6) is 6.49. The Bertz CT molecular complexity index is 579. The number of hydrazine groups is 1. The van der Waals surface area contributed by atoms with Crippen LogP contribution in [-0.4, -0.2) is 27.2 Å². The first kappa shape index (κ1) is 12.6. The predicted octanol–water partition coefficient (Wildman–Crippen LogP) is 1.69. The van der Waals surface area contributed by atoms with Crippen LogP contribution in [0.2, 0.25) is 0 Å². The summed E-state index contributed by atoms with van der Waals surface area (Å²) in [4.78, 5) is 8.60. The Morgan fingerprint density at radius 3 is 2.89 bits per heavy atom. The standard InChI is InChI=1S/C12H17N5OS/c13-17-11-15-8-3-6-19-9(8)10(16-11)14-7-12(18)4-1-2-5-12/h3,6,18H,1-2,4-5,7,13H2,(H2,14,15,16,17). The van der Waals surface area contributed by atoms with Gasteiger partial charge in [0.25, 0.3) is 0 Å². The van der Waals surface area contributed by atoms with Gasteiger partial charge < -0.3 is 10.4 Å². The molecule has 5 N–H and O–H groups in total. The Morgan fingerprint density at radius 2 is 2.16 bits per heavy atom. The first-order valence-corrected chi connectivity index (χ1v) is 7.26. The van der Waals surface area contributed by atoms with Crippen LogP contribution < -0.4 is 16.6 Å². The second-order valence-electron chi connectivity index (χ2n) is 4.96. The highest BCUT2D eigenvalue weighted by Gasteiger charge is 2.31. The summed E-state index contributed by atoms with van der Waals surface area (Å²) in [6.45, 7) is 0.515. The summed E-state index contributed by atoms with van der Waals surface area (Å²) in [7, 11) is 0. The van der Waals surface area contributed by atoms with E-state index in [0.717, 1.165) is 41.7 Å². The van der Waals surface area contributed by atoms with E-state index < -0.39 is 5.60 Å². The lowest BCUT2D eigenvalue weighted by molar-refractivity contribution is 0.0614. The van der Waals surface area contributed by atoms with Crippen LogP contribution in [0, 0.1) is 0 Å². The van der Waals surface area contributed by atoms with Crippen molar-refractivity contribution >= 4 is 33.3 Å². The molecule has 2 heterocycles. The fourth-order valence-electron chi connectivity index (χ4n) is 2.51. The smallest absolute Gasteiger partial charge is 0.239 e. The Balaban J connectivity index is 1.85. The first-order valence-electron chi connectivity index (χ1n) is 6.38. The van der Waals surface area contributed by atoms with Crippen molar-refractivity contribution in [1.29, 1.82) is 0 Å². The molecule has 0 amide bonds. The zero-order valence-electron chi connectivity index (χ0n) is 10.5. The lowest BCUT2D eigenvalue weighted by Crippen LogP contribution is -2.33. The summed E-state index contributed by atoms with van der Waals surface area (Å²) >= 11 is 1.58. The van der Waals surface area contributed by atoms with Gasteiger partial charge in [0.2, 0.25) is 5.95 Å². The van der Waals surface area contributed by atoms with Gasteiger partial charge in [-0.2, -0.15) is 4.98 Å². The number of nitrogen functional groups attached to an aromatic ring is 1. The van der Waals surface area contributed by atoms with Crippen LogP contribution in [-0.2, 0) is 0 Å². The maximum absolute atomic E-state index is 10.4. The minimum atomic E-state index is -0.606. The summed E-state index contributed by atoms with van der Waals surface area (Å²) in [6, 6.07) is 1.93. The van der Waals surface area contributed by atoms with E-state index >= 15 is 0 Å². The topological polar surface area (TPSA) is 96.1 Å². The second kappa shape index (κ2) is 4.92. The molecule has 2 aromatic rings. The summed E-state index contributed by atoms with van der Waals surface area (Å²) in [6.07, 6.45) is 3.87. The van der Waals surface area contributed by atoms with Crippen molar-refractivity contribution in [3.8, 4) is 0 Å². The third-order valence-corrected chi connectivity index (χ3v) is 4.46. The van der Waals surface area contributed by atoms with E-state index in [2.05, 4.69) is 20.7 Å². The largest absolute Gasteiger partial charge is 0.388 e.